The van der Waals surface area contributed by atoms with E-state index in [-0.39, 0.29) is 6.42 Å². The van der Waals surface area contributed by atoms with Crippen LogP contribution in [-0.2, 0) is 17.6 Å². The van der Waals surface area contributed by atoms with Gasteiger partial charge in [0.1, 0.15) is 15.3 Å². The van der Waals surface area contributed by atoms with Gasteiger partial charge < -0.3 is 15.3 Å². The summed E-state index contributed by atoms with van der Waals surface area (Å²) in [6, 6.07) is 15.6. The van der Waals surface area contributed by atoms with Gasteiger partial charge in [-0.25, -0.2) is 9.97 Å². The van der Waals surface area contributed by atoms with Crippen molar-refractivity contribution in [1.29, 1.82) is 0 Å². The molecular weight excluding hydrogens is 551 g/mol. The van der Waals surface area contributed by atoms with Crippen LogP contribution in [0.4, 0.5) is 11.5 Å². The lowest BCUT2D eigenvalue weighted by atomic mass is 10.1. The number of rotatable bonds is 8. The Morgan fingerprint density at radius 1 is 1.09 bits per heavy atom. The van der Waals surface area contributed by atoms with Gasteiger partial charge in [0.05, 0.1) is 6.42 Å². The van der Waals surface area contributed by atoms with E-state index >= 15 is 0 Å². The molecule has 0 bridgehead atoms. The molecule has 2 aromatic carbocycles. The zero-order chi connectivity index (χ0) is 23.4. The number of nitrogens with one attached hydrogen (secondary N) is 1. The molecule has 8 heteroatoms. The minimum absolute atomic E-state index is 0.0672. The summed E-state index contributed by atoms with van der Waals surface area (Å²) < 4.78 is 0.708. The third-order valence-electron chi connectivity index (χ3n) is 5.52. The standard InChI is InChI=1S/C25H24ClIN4O2/c1-16(18-6-8-19(26)9-7-18)28-20-10-4-17(5-11-20)14-22-29-24(27)21(15-23(32)33)25(30-22)31-12-2-3-13-31/h4-11,28H,1-3,12-15H2,(H,32,33). The Morgan fingerprint density at radius 2 is 1.76 bits per heavy atom. The van der Waals surface area contributed by atoms with Crippen LogP contribution in [0.5, 0.6) is 0 Å². The van der Waals surface area contributed by atoms with Crippen LogP contribution in [0, 0.1) is 3.70 Å². The van der Waals surface area contributed by atoms with E-state index in [1.54, 1.807) is 0 Å². The molecule has 1 aliphatic rings. The Bertz CT molecular complexity index is 1160. The van der Waals surface area contributed by atoms with Gasteiger partial charge in [0.25, 0.3) is 0 Å². The fourth-order valence-corrected chi connectivity index (χ4v) is 4.68. The highest BCUT2D eigenvalue weighted by Gasteiger charge is 2.22. The smallest absolute Gasteiger partial charge is 0.308 e. The third kappa shape index (κ3) is 6.03. The highest BCUT2D eigenvalue weighted by Crippen LogP contribution is 2.27. The Labute approximate surface area is 211 Å². The van der Waals surface area contributed by atoms with Crippen LogP contribution in [0.3, 0.4) is 0 Å². The van der Waals surface area contributed by atoms with Crippen LogP contribution in [-0.4, -0.2) is 34.1 Å². The van der Waals surface area contributed by atoms with Gasteiger partial charge in [-0.15, -0.1) is 0 Å². The summed E-state index contributed by atoms with van der Waals surface area (Å²) in [4.78, 5) is 23.0. The zero-order valence-corrected chi connectivity index (χ0v) is 20.9. The molecule has 1 aromatic heterocycles. The van der Waals surface area contributed by atoms with Crippen molar-refractivity contribution < 1.29 is 9.90 Å². The van der Waals surface area contributed by atoms with Crippen LogP contribution in [0.25, 0.3) is 5.70 Å². The minimum atomic E-state index is -0.868. The molecular formula is C25H24ClIN4O2. The maximum Gasteiger partial charge on any atom is 0.308 e. The van der Waals surface area contributed by atoms with Crippen molar-refractivity contribution in [3.63, 3.8) is 0 Å². The summed E-state index contributed by atoms with van der Waals surface area (Å²) in [6.07, 6.45) is 2.70. The topological polar surface area (TPSA) is 78.3 Å². The van der Waals surface area contributed by atoms with Gasteiger partial charge in [-0.3, -0.25) is 4.79 Å². The summed E-state index contributed by atoms with van der Waals surface area (Å²) in [5.74, 6) is 0.594. The molecule has 2 heterocycles. The number of hydrogen-bond acceptors (Lipinski definition) is 5. The molecule has 1 saturated heterocycles. The fraction of sp³-hybridized carbons (Fsp3) is 0.240. The molecule has 2 N–H and O–H groups in total. The van der Waals surface area contributed by atoms with Gasteiger partial charge in [-0.1, -0.05) is 42.4 Å². The lowest BCUT2D eigenvalue weighted by Gasteiger charge is -2.21. The second kappa shape index (κ2) is 10.5. The van der Waals surface area contributed by atoms with Crippen LogP contribution in [0.15, 0.2) is 55.1 Å². The summed E-state index contributed by atoms with van der Waals surface area (Å²) in [5.41, 5.74) is 4.48. The van der Waals surface area contributed by atoms with Crippen molar-refractivity contribution in [1.82, 2.24) is 9.97 Å². The van der Waals surface area contributed by atoms with Crippen molar-refractivity contribution in [2.45, 2.75) is 25.7 Å². The fourth-order valence-electron chi connectivity index (χ4n) is 3.85. The van der Waals surface area contributed by atoms with E-state index in [2.05, 4.69) is 44.4 Å². The first-order valence-electron chi connectivity index (χ1n) is 10.7. The molecule has 0 aliphatic carbocycles. The van der Waals surface area contributed by atoms with Crippen molar-refractivity contribution in [3.05, 3.63) is 86.3 Å². The van der Waals surface area contributed by atoms with Crippen LogP contribution < -0.4 is 10.2 Å². The highest BCUT2D eigenvalue weighted by atomic mass is 127. The van der Waals surface area contributed by atoms with Crippen molar-refractivity contribution in [3.8, 4) is 0 Å². The van der Waals surface area contributed by atoms with Crippen LogP contribution in [0.2, 0.25) is 5.02 Å². The number of carboxylic acids is 1. The van der Waals surface area contributed by atoms with E-state index in [0.29, 0.717) is 26.5 Å². The number of carboxylic acid groups (broad SMARTS) is 1. The molecule has 0 atom stereocenters. The number of halogens is 2. The van der Waals surface area contributed by atoms with Gasteiger partial charge in [0, 0.05) is 41.5 Å². The van der Waals surface area contributed by atoms with E-state index < -0.39 is 5.97 Å². The number of anilines is 2. The molecule has 170 valence electrons. The van der Waals surface area contributed by atoms with Crippen molar-refractivity contribution in [2.24, 2.45) is 0 Å². The number of aliphatic carboxylic acids is 1. The average Bonchev–Trinajstić information content (AvgIpc) is 3.32. The predicted molar refractivity (Wildman–Crippen MR) is 141 cm³/mol. The van der Waals surface area contributed by atoms with Gasteiger partial charge in [0.2, 0.25) is 0 Å². The first kappa shape index (κ1) is 23.5. The van der Waals surface area contributed by atoms with Gasteiger partial charge >= 0.3 is 5.97 Å². The number of nitrogens with zero attached hydrogens (tertiary/aromatic N) is 3. The second-order valence-corrected chi connectivity index (χ2v) is 9.44. The molecule has 0 spiro atoms. The summed E-state index contributed by atoms with van der Waals surface area (Å²) in [6.45, 7) is 5.90. The third-order valence-corrected chi connectivity index (χ3v) is 6.66. The van der Waals surface area contributed by atoms with E-state index in [0.717, 1.165) is 54.3 Å². The maximum atomic E-state index is 11.4. The Morgan fingerprint density at radius 3 is 2.39 bits per heavy atom. The van der Waals surface area contributed by atoms with Gasteiger partial charge in [-0.05, 0) is 70.8 Å². The number of hydrogen-bond donors (Lipinski definition) is 2. The van der Waals surface area contributed by atoms with Crippen LogP contribution >= 0.6 is 34.2 Å². The largest absolute Gasteiger partial charge is 0.481 e. The van der Waals surface area contributed by atoms with E-state index in [1.165, 1.54) is 0 Å². The molecule has 0 amide bonds. The Kier molecular flexibility index (Phi) is 7.49. The van der Waals surface area contributed by atoms with Gasteiger partial charge in [0.15, 0.2) is 0 Å². The van der Waals surface area contributed by atoms with Gasteiger partial charge in [-0.2, -0.15) is 0 Å². The molecule has 4 rings (SSSR count). The minimum Gasteiger partial charge on any atom is -0.481 e. The van der Waals surface area contributed by atoms with Crippen molar-refractivity contribution in [2.75, 3.05) is 23.3 Å². The quantitative estimate of drug-likeness (QED) is 0.268. The number of benzene rings is 2. The normalized spacial score (nSPS) is 13.2. The Hall–Kier alpha value is -2.65. The van der Waals surface area contributed by atoms with E-state index in [4.69, 9.17) is 16.6 Å². The molecule has 0 radical (unpaired) electrons. The average molecular weight is 575 g/mol. The lowest BCUT2D eigenvalue weighted by Crippen LogP contribution is -2.24. The molecule has 0 saturated carbocycles. The first-order valence-corrected chi connectivity index (χ1v) is 12.2. The maximum absolute atomic E-state index is 11.4. The summed E-state index contributed by atoms with van der Waals surface area (Å²) in [7, 11) is 0. The first-order chi connectivity index (χ1) is 15.9. The zero-order valence-electron chi connectivity index (χ0n) is 18.0. The molecule has 33 heavy (non-hydrogen) atoms. The summed E-state index contributed by atoms with van der Waals surface area (Å²) >= 11 is 8.09. The van der Waals surface area contributed by atoms with E-state index in [1.807, 2.05) is 48.5 Å². The number of aromatic nitrogens is 2. The molecule has 1 fully saturated rings. The SMILES string of the molecule is C=C(Nc1ccc(Cc2nc(I)c(CC(=O)O)c(N3CCCC3)n2)cc1)c1ccc(Cl)cc1. The summed E-state index contributed by atoms with van der Waals surface area (Å²) in [5, 5.41) is 13.3. The second-order valence-electron chi connectivity index (χ2n) is 7.98. The molecule has 1 aliphatic heterocycles. The lowest BCUT2D eigenvalue weighted by molar-refractivity contribution is -0.136. The Balaban J connectivity index is 1.49. The molecule has 3 aromatic rings. The molecule has 0 unspecified atom stereocenters. The van der Waals surface area contributed by atoms with Crippen molar-refractivity contribution >= 4 is 57.4 Å². The predicted octanol–water partition coefficient (Wildman–Crippen LogP) is 5.64. The molecule has 6 nitrogen and oxygen atoms in total. The van der Waals surface area contributed by atoms with E-state index in [9.17, 15) is 9.90 Å². The highest BCUT2D eigenvalue weighted by molar-refractivity contribution is 14.1. The monoisotopic (exact) mass is 574 g/mol. The number of carbonyl (C=O) groups is 1. The van der Waals surface area contributed by atoms with Crippen LogP contribution in [0.1, 0.15) is 35.4 Å².